The van der Waals surface area contributed by atoms with E-state index < -0.39 is 0 Å². The monoisotopic (exact) mass is 365 g/mol. The average molecular weight is 366 g/mol. The molecule has 3 heteroatoms. The van der Waals surface area contributed by atoms with Crippen LogP contribution in [0.5, 0.6) is 0 Å². The maximum atomic E-state index is 12.6. The molecule has 1 aliphatic carbocycles. The maximum Gasteiger partial charge on any atom is 0.338 e. The predicted octanol–water partition coefficient (Wildman–Crippen LogP) is 4.99. The van der Waals surface area contributed by atoms with Gasteiger partial charge in [-0.3, -0.25) is 0 Å². The first kappa shape index (κ1) is 19.6. The van der Waals surface area contributed by atoms with E-state index in [4.69, 9.17) is 4.74 Å². The summed E-state index contributed by atoms with van der Waals surface area (Å²) in [4.78, 5) is 12.6. The number of hydrogen-bond acceptors (Lipinski definition) is 3. The minimum atomic E-state index is -0.224. The highest BCUT2D eigenvalue weighted by Gasteiger charge is 2.39. The van der Waals surface area contributed by atoms with Crippen molar-refractivity contribution in [1.29, 1.82) is 0 Å². The lowest BCUT2D eigenvalue weighted by molar-refractivity contribution is -0.00637. The van der Waals surface area contributed by atoms with Gasteiger partial charge in [-0.2, -0.15) is 0 Å². The summed E-state index contributed by atoms with van der Waals surface area (Å²) in [5.74, 6) is 0.163. The summed E-state index contributed by atoms with van der Waals surface area (Å²) in [6.07, 6.45) is 15.2. The van der Waals surface area contributed by atoms with Gasteiger partial charge in [0.15, 0.2) is 0 Å². The molecule has 0 amide bonds. The molecule has 3 nitrogen and oxygen atoms in total. The zero-order chi connectivity index (χ0) is 19.5. The van der Waals surface area contributed by atoms with Gasteiger partial charge in [-0.05, 0) is 57.7 Å². The Balaban J connectivity index is 1.60. The van der Waals surface area contributed by atoms with E-state index in [-0.39, 0.29) is 23.2 Å². The van der Waals surface area contributed by atoms with Crippen molar-refractivity contribution in [3.63, 3.8) is 0 Å². The Morgan fingerprint density at radius 2 is 1.52 bits per heavy atom. The van der Waals surface area contributed by atoms with Crippen molar-refractivity contribution >= 4 is 5.97 Å². The van der Waals surface area contributed by atoms with Gasteiger partial charge in [0.25, 0.3) is 0 Å². The average Bonchev–Trinajstić information content (AvgIpc) is 2.81. The molecule has 0 atom stereocenters. The van der Waals surface area contributed by atoms with E-state index in [2.05, 4.69) is 57.3 Å². The Labute approximate surface area is 163 Å². The SMILES string of the molecule is CC1(C)CC(OC(=O)c2ccc(CC3C=CC=CC=C3)cc2)CC(C)(C)N1. The number of carbonyl (C=O) groups is 1. The van der Waals surface area contributed by atoms with Crippen molar-refractivity contribution in [1.82, 2.24) is 5.32 Å². The molecule has 1 aromatic rings. The summed E-state index contributed by atoms with van der Waals surface area (Å²) in [7, 11) is 0. The number of hydrogen-bond donors (Lipinski definition) is 1. The van der Waals surface area contributed by atoms with Crippen molar-refractivity contribution in [2.45, 2.75) is 64.1 Å². The van der Waals surface area contributed by atoms with Gasteiger partial charge < -0.3 is 10.1 Å². The quantitative estimate of drug-likeness (QED) is 0.764. The number of carbonyl (C=O) groups excluding carboxylic acids is 1. The molecular weight excluding hydrogens is 334 g/mol. The van der Waals surface area contributed by atoms with Crippen LogP contribution >= 0.6 is 0 Å². The molecule has 0 bridgehead atoms. The molecule has 1 fully saturated rings. The molecule has 0 saturated carbocycles. The van der Waals surface area contributed by atoms with Gasteiger partial charge in [0.2, 0.25) is 0 Å². The molecule has 1 aromatic carbocycles. The van der Waals surface area contributed by atoms with Gasteiger partial charge in [-0.1, -0.05) is 48.6 Å². The fraction of sp³-hybridized carbons (Fsp3) is 0.458. The van der Waals surface area contributed by atoms with E-state index in [9.17, 15) is 4.79 Å². The van der Waals surface area contributed by atoms with Crippen molar-refractivity contribution < 1.29 is 9.53 Å². The number of esters is 1. The van der Waals surface area contributed by atoms with Crippen molar-refractivity contribution in [2.75, 3.05) is 0 Å². The fourth-order valence-corrected chi connectivity index (χ4v) is 4.32. The third-order valence-corrected chi connectivity index (χ3v) is 5.14. The number of rotatable bonds is 4. The minimum Gasteiger partial charge on any atom is -0.459 e. The van der Waals surface area contributed by atoms with Gasteiger partial charge in [0, 0.05) is 23.9 Å². The first-order chi connectivity index (χ1) is 12.7. The van der Waals surface area contributed by atoms with Gasteiger partial charge in [-0.15, -0.1) is 0 Å². The Kier molecular flexibility index (Phi) is 5.71. The van der Waals surface area contributed by atoms with Crippen LogP contribution in [0.1, 0.15) is 56.5 Å². The van der Waals surface area contributed by atoms with Crippen LogP contribution in [0.15, 0.2) is 60.7 Å². The number of nitrogens with one attached hydrogen (secondary N) is 1. The Bertz CT molecular complexity index is 721. The molecule has 1 saturated heterocycles. The number of ether oxygens (including phenoxy) is 1. The molecule has 3 rings (SSSR count). The first-order valence-corrected chi connectivity index (χ1v) is 9.83. The smallest absolute Gasteiger partial charge is 0.338 e. The van der Waals surface area contributed by atoms with E-state index in [1.807, 2.05) is 36.4 Å². The standard InChI is InChI=1S/C24H31NO2/c1-23(2)16-21(17-24(3,4)25-23)27-22(26)20-13-11-19(12-14-20)15-18-9-7-5-6-8-10-18/h5-14,18,21,25H,15-17H2,1-4H3. The third-order valence-electron chi connectivity index (χ3n) is 5.14. The first-order valence-electron chi connectivity index (χ1n) is 9.83. The van der Waals surface area contributed by atoms with Crippen LogP contribution in [0, 0.1) is 5.92 Å². The predicted molar refractivity (Wildman–Crippen MR) is 111 cm³/mol. The Morgan fingerprint density at radius 3 is 2.07 bits per heavy atom. The summed E-state index contributed by atoms with van der Waals surface area (Å²) in [6.45, 7) is 8.65. The molecule has 0 unspecified atom stereocenters. The van der Waals surface area contributed by atoms with Crippen LogP contribution in [-0.2, 0) is 11.2 Å². The minimum absolute atomic E-state index is 0.0366. The van der Waals surface area contributed by atoms with Crippen LogP contribution in [-0.4, -0.2) is 23.2 Å². The lowest BCUT2D eigenvalue weighted by Gasteiger charge is -2.45. The topological polar surface area (TPSA) is 38.3 Å². The Hall–Kier alpha value is -2.13. The molecule has 0 aromatic heterocycles. The van der Waals surface area contributed by atoms with Gasteiger partial charge in [0.1, 0.15) is 6.10 Å². The zero-order valence-electron chi connectivity index (χ0n) is 16.9. The van der Waals surface area contributed by atoms with E-state index in [0.717, 1.165) is 19.3 Å². The molecule has 1 aliphatic heterocycles. The summed E-state index contributed by atoms with van der Waals surface area (Å²) in [5.41, 5.74) is 1.77. The number of piperidine rings is 1. The lowest BCUT2D eigenvalue weighted by atomic mass is 9.81. The summed E-state index contributed by atoms with van der Waals surface area (Å²) >= 11 is 0. The van der Waals surface area contributed by atoms with Crippen LogP contribution in [0.25, 0.3) is 0 Å². The lowest BCUT2D eigenvalue weighted by Crippen LogP contribution is -2.59. The van der Waals surface area contributed by atoms with Gasteiger partial charge in [0.05, 0.1) is 5.56 Å². The van der Waals surface area contributed by atoms with Crippen LogP contribution < -0.4 is 5.32 Å². The van der Waals surface area contributed by atoms with Gasteiger partial charge in [-0.25, -0.2) is 4.79 Å². The molecular formula is C24H31NO2. The van der Waals surface area contributed by atoms with E-state index in [1.54, 1.807) is 0 Å². The molecule has 0 spiro atoms. The second-order valence-electron chi connectivity index (χ2n) is 9.05. The maximum absolute atomic E-state index is 12.6. The van der Waals surface area contributed by atoms with Crippen LogP contribution in [0.3, 0.4) is 0 Å². The second-order valence-corrected chi connectivity index (χ2v) is 9.05. The number of allylic oxidation sites excluding steroid dienone is 6. The van der Waals surface area contributed by atoms with Crippen molar-refractivity contribution in [3.05, 3.63) is 71.8 Å². The molecule has 144 valence electrons. The Morgan fingerprint density at radius 1 is 0.963 bits per heavy atom. The molecule has 1 heterocycles. The summed E-state index contributed by atoms with van der Waals surface area (Å²) in [6, 6.07) is 7.84. The van der Waals surface area contributed by atoms with Crippen molar-refractivity contribution in [2.24, 2.45) is 5.92 Å². The highest BCUT2D eigenvalue weighted by Crippen LogP contribution is 2.30. The normalized spacial score (nSPS) is 21.8. The highest BCUT2D eigenvalue weighted by molar-refractivity contribution is 5.89. The number of benzene rings is 1. The zero-order valence-corrected chi connectivity index (χ0v) is 16.9. The fourth-order valence-electron chi connectivity index (χ4n) is 4.32. The molecule has 27 heavy (non-hydrogen) atoms. The third kappa shape index (κ3) is 5.67. The van der Waals surface area contributed by atoms with Gasteiger partial charge >= 0.3 is 5.97 Å². The van der Waals surface area contributed by atoms with Crippen LogP contribution in [0.4, 0.5) is 0 Å². The van der Waals surface area contributed by atoms with E-state index >= 15 is 0 Å². The summed E-state index contributed by atoms with van der Waals surface area (Å²) < 4.78 is 5.85. The highest BCUT2D eigenvalue weighted by atomic mass is 16.5. The summed E-state index contributed by atoms with van der Waals surface area (Å²) in [5, 5.41) is 3.62. The molecule has 1 N–H and O–H groups in total. The molecule has 0 radical (unpaired) electrons. The van der Waals surface area contributed by atoms with E-state index in [1.165, 1.54) is 5.56 Å². The second kappa shape index (κ2) is 7.85. The van der Waals surface area contributed by atoms with Crippen molar-refractivity contribution in [3.8, 4) is 0 Å². The van der Waals surface area contributed by atoms with E-state index in [0.29, 0.717) is 11.5 Å². The van der Waals surface area contributed by atoms with Crippen LogP contribution in [0.2, 0.25) is 0 Å². The largest absolute Gasteiger partial charge is 0.459 e. The molecule has 2 aliphatic rings.